The fourth-order valence-corrected chi connectivity index (χ4v) is 2.95. The minimum Gasteiger partial charge on any atom is -0.319 e. The number of carbonyl (C=O) groups is 1. The van der Waals surface area contributed by atoms with Crippen molar-refractivity contribution in [2.75, 3.05) is 13.1 Å². The van der Waals surface area contributed by atoms with Gasteiger partial charge in [-0.1, -0.05) is 11.6 Å². The van der Waals surface area contributed by atoms with Gasteiger partial charge in [-0.15, -0.1) is 0 Å². The van der Waals surface area contributed by atoms with Crippen molar-refractivity contribution in [2.24, 2.45) is 5.73 Å². The second-order valence-corrected chi connectivity index (χ2v) is 5.96. The molecule has 1 fully saturated rings. The lowest BCUT2D eigenvalue weighted by Gasteiger charge is -2.32. The molecule has 7 heteroatoms. The van der Waals surface area contributed by atoms with Crippen LogP contribution in [0.2, 0.25) is 0 Å². The number of nitrogens with zero attached hydrogens (tertiary/aromatic N) is 4. The Kier molecular flexibility index (Phi) is 4.40. The highest BCUT2D eigenvalue weighted by atomic mass is 16.2. The summed E-state index contributed by atoms with van der Waals surface area (Å²) < 4.78 is 0. The number of aryl methyl sites for hydroxylation is 1. The van der Waals surface area contributed by atoms with Crippen molar-refractivity contribution < 1.29 is 4.79 Å². The van der Waals surface area contributed by atoms with Gasteiger partial charge in [0, 0.05) is 12.6 Å². The van der Waals surface area contributed by atoms with E-state index in [9.17, 15) is 4.79 Å². The Labute approximate surface area is 135 Å². The zero-order chi connectivity index (χ0) is 16.4. The molecule has 7 nitrogen and oxygen atoms in total. The van der Waals surface area contributed by atoms with Gasteiger partial charge in [0.2, 0.25) is 0 Å². The smallest absolute Gasteiger partial charge is 0.257 e. The van der Waals surface area contributed by atoms with Crippen molar-refractivity contribution in [1.82, 2.24) is 25.2 Å². The van der Waals surface area contributed by atoms with E-state index in [2.05, 4.69) is 15.5 Å². The first-order chi connectivity index (χ1) is 11.1. The number of amides is 1. The number of aromatic nitrogens is 3. The van der Waals surface area contributed by atoms with E-state index >= 15 is 0 Å². The van der Waals surface area contributed by atoms with Gasteiger partial charge < -0.3 is 16.0 Å². The van der Waals surface area contributed by atoms with Crippen LogP contribution in [0.15, 0.2) is 30.6 Å². The molecule has 1 aliphatic rings. The molecule has 0 spiro atoms. The van der Waals surface area contributed by atoms with Gasteiger partial charge in [0.15, 0.2) is 0 Å². The summed E-state index contributed by atoms with van der Waals surface area (Å²) in [6.45, 7) is 5.45. The number of hydrogen-bond donors (Lipinski definition) is 2. The van der Waals surface area contributed by atoms with Gasteiger partial charge >= 0.3 is 0 Å². The third-order valence-corrected chi connectivity index (χ3v) is 4.18. The molecule has 1 aromatic heterocycles. The third-order valence-electron chi connectivity index (χ3n) is 4.18. The molecular weight excluding hydrogens is 292 g/mol. The lowest BCUT2D eigenvalue weighted by atomic mass is 10.1. The quantitative estimate of drug-likeness (QED) is 0.851. The molecule has 1 saturated heterocycles. The van der Waals surface area contributed by atoms with E-state index in [1.54, 1.807) is 17.3 Å². The Morgan fingerprint density at radius 3 is 2.83 bits per heavy atom. The third kappa shape index (κ3) is 3.11. The predicted molar refractivity (Wildman–Crippen MR) is 87.2 cm³/mol. The van der Waals surface area contributed by atoms with Crippen LogP contribution >= 0.6 is 0 Å². The molecule has 0 bridgehead atoms. The zero-order valence-corrected chi connectivity index (χ0v) is 13.4. The SMILES string of the molecule is Cc1ccc(-n2nccn2)c(C(=O)N2C(N)CNCC[C@H]2C)c1. The van der Waals surface area contributed by atoms with Crippen molar-refractivity contribution in [3.8, 4) is 5.69 Å². The summed E-state index contributed by atoms with van der Waals surface area (Å²) in [5.41, 5.74) is 8.47. The van der Waals surface area contributed by atoms with E-state index < -0.39 is 0 Å². The predicted octanol–water partition coefficient (Wildman–Crippen LogP) is 0.685. The molecule has 0 radical (unpaired) electrons. The summed E-state index contributed by atoms with van der Waals surface area (Å²) >= 11 is 0. The van der Waals surface area contributed by atoms with E-state index in [4.69, 9.17) is 5.73 Å². The first kappa shape index (κ1) is 15.6. The second kappa shape index (κ2) is 6.47. The molecule has 23 heavy (non-hydrogen) atoms. The second-order valence-electron chi connectivity index (χ2n) is 5.96. The van der Waals surface area contributed by atoms with Gasteiger partial charge in [-0.05, 0) is 38.9 Å². The summed E-state index contributed by atoms with van der Waals surface area (Å²) in [5.74, 6) is -0.0790. The van der Waals surface area contributed by atoms with E-state index in [1.807, 2.05) is 32.0 Å². The summed E-state index contributed by atoms with van der Waals surface area (Å²) in [6, 6.07) is 5.77. The molecule has 0 aliphatic carbocycles. The topological polar surface area (TPSA) is 89.1 Å². The summed E-state index contributed by atoms with van der Waals surface area (Å²) in [7, 11) is 0. The Bertz CT molecular complexity index is 672. The normalized spacial score (nSPS) is 22.0. The van der Waals surface area contributed by atoms with Crippen LogP contribution in [-0.2, 0) is 0 Å². The fraction of sp³-hybridized carbons (Fsp3) is 0.438. The van der Waals surface area contributed by atoms with Gasteiger partial charge in [-0.3, -0.25) is 4.79 Å². The fourth-order valence-electron chi connectivity index (χ4n) is 2.95. The zero-order valence-electron chi connectivity index (χ0n) is 13.4. The molecule has 3 rings (SSSR count). The highest BCUT2D eigenvalue weighted by Crippen LogP contribution is 2.20. The summed E-state index contributed by atoms with van der Waals surface area (Å²) in [6.07, 6.45) is 3.72. The Morgan fingerprint density at radius 2 is 2.09 bits per heavy atom. The highest BCUT2D eigenvalue weighted by Gasteiger charge is 2.30. The van der Waals surface area contributed by atoms with Gasteiger partial charge in [-0.2, -0.15) is 15.0 Å². The van der Waals surface area contributed by atoms with Crippen molar-refractivity contribution >= 4 is 5.91 Å². The van der Waals surface area contributed by atoms with Crippen LogP contribution in [0.5, 0.6) is 0 Å². The minimum absolute atomic E-state index is 0.0754. The van der Waals surface area contributed by atoms with Crippen molar-refractivity contribution in [3.63, 3.8) is 0 Å². The van der Waals surface area contributed by atoms with E-state index in [1.165, 1.54) is 4.80 Å². The molecule has 2 aromatic rings. The van der Waals surface area contributed by atoms with Gasteiger partial charge in [-0.25, -0.2) is 0 Å². The molecule has 1 amide bonds. The van der Waals surface area contributed by atoms with Crippen LogP contribution in [0.3, 0.4) is 0 Å². The number of nitrogens with two attached hydrogens (primary N) is 1. The van der Waals surface area contributed by atoms with Crippen LogP contribution < -0.4 is 11.1 Å². The molecule has 2 atom stereocenters. The average Bonchev–Trinajstić information content (AvgIpc) is 3.00. The van der Waals surface area contributed by atoms with E-state index in [0.717, 1.165) is 18.5 Å². The van der Waals surface area contributed by atoms with E-state index in [-0.39, 0.29) is 18.1 Å². The molecule has 0 saturated carbocycles. The number of benzene rings is 1. The molecule has 3 N–H and O–H groups in total. The van der Waals surface area contributed by atoms with E-state index in [0.29, 0.717) is 17.8 Å². The highest BCUT2D eigenvalue weighted by molar-refractivity contribution is 5.98. The molecule has 122 valence electrons. The van der Waals surface area contributed by atoms with Crippen LogP contribution in [0.1, 0.15) is 29.3 Å². The molecule has 1 unspecified atom stereocenters. The monoisotopic (exact) mass is 314 g/mol. The van der Waals surface area contributed by atoms with Gasteiger partial charge in [0.25, 0.3) is 5.91 Å². The summed E-state index contributed by atoms with van der Waals surface area (Å²) in [4.78, 5) is 16.4. The van der Waals surface area contributed by atoms with Crippen LogP contribution in [-0.4, -0.2) is 51.1 Å². The maximum atomic E-state index is 13.2. The Balaban J connectivity index is 2.03. The minimum atomic E-state index is -0.348. The lowest BCUT2D eigenvalue weighted by molar-refractivity contribution is 0.0614. The molecular formula is C16H22N6O. The molecule has 1 aromatic carbocycles. The van der Waals surface area contributed by atoms with Crippen LogP contribution in [0.25, 0.3) is 5.69 Å². The number of carbonyl (C=O) groups excluding carboxylic acids is 1. The first-order valence-electron chi connectivity index (χ1n) is 7.84. The maximum Gasteiger partial charge on any atom is 0.257 e. The van der Waals surface area contributed by atoms with Crippen molar-refractivity contribution in [2.45, 2.75) is 32.5 Å². The lowest BCUT2D eigenvalue weighted by Crippen LogP contribution is -2.52. The van der Waals surface area contributed by atoms with Gasteiger partial charge in [0.1, 0.15) is 0 Å². The van der Waals surface area contributed by atoms with Crippen molar-refractivity contribution in [1.29, 1.82) is 0 Å². The Hall–Kier alpha value is -2.25. The number of hydrogen-bond acceptors (Lipinski definition) is 5. The van der Waals surface area contributed by atoms with Crippen molar-refractivity contribution in [3.05, 3.63) is 41.7 Å². The van der Waals surface area contributed by atoms with Gasteiger partial charge in [0.05, 0.1) is 29.8 Å². The number of nitrogens with one attached hydrogen (secondary N) is 1. The largest absolute Gasteiger partial charge is 0.319 e. The number of rotatable bonds is 2. The van der Waals surface area contributed by atoms with Crippen LogP contribution in [0.4, 0.5) is 0 Å². The standard InChI is InChI=1S/C16H22N6O/c1-11-3-4-14(22-19-7-8-20-22)13(9-11)16(23)21-12(2)5-6-18-10-15(21)17/h3-4,7-9,12,15,18H,5-6,10,17H2,1-2H3/t12-,15?/m1/s1. The molecule has 2 heterocycles. The van der Waals surface area contributed by atoms with Crippen LogP contribution in [0, 0.1) is 6.92 Å². The maximum absolute atomic E-state index is 13.2. The average molecular weight is 314 g/mol. The first-order valence-corrected chi connectivity index (χ1v) is 7.84. The molecule has 1 aliphatic heterocycles. The Morgan fingerprint density at radius 1 is 1.35 bits per heavy atom. The summed E-state index contributed by atoms with van der Waals surface area (Å²) in [5, 5.41) is 11.6.